The predicted octanol–water partition coefficient (Wildman–Crippen LogP) is 3.73. The number of hydrogen-bond acceptors (Lipinski definition) is 3. The lowest BCUT2D eigenvalue weighted by Gasteiger charge is -2.35. The molecule has 1 saturated carbocycles. The molecule has 23 heavy (non-hydrogen) atoms. The lowest BCUT2D eigenvalue weighted by molar-refractivity contribution is 0.0640. The molecule has 1 heterocycles. The van der Waals surface area contributed by atoms with Crippen molar-refractivity contribution in [2.24, 2.45) is 22.2 Å². The molecule has 0 aromatic carbocycles. The Morgan fingerprint density at radius 3 is 2.35 bits per heavy atom. The average Bonchev–Trinajstić information content (AvgIpc) is 2.52. The van der Waals surface area contributed by atoms with Crippen LogP contribution in [0.2, 0.25) is 0 Å². The fraction of sp³-hybridized carbons (Fsp3) is 0.889. The fourth-order valence-corrected chi connectivity index (χ4v) is 3.29. The van der Waals surface area contributed by atoms with E-state index in [1.165, 1.54) is 12.8 Å². The van der Waals surface area contributed by atoms with Crippen LogP contribution >= 0.6 is 0 Å². The van der Waals surface area contributed by atoms with Crippen LogP contribution in [0.15, 0.2) is 4.99 Å². The molecule has 5 heteroatoms. The zero-order chi connectivity index (χ0) is 16.9. The monoisotopic (exact) mass is 324 g/mol. The van der Waals surface area contributed by atoms with Gasteiger partial charge < -0.3 is 14.4 Å². The molecule has 2 fully saturated rings. The molecule has 1 saturated heterocycles. The van der Waals surface area contributed by atoms with Crippen LogP contribution in [0.4, 0.5) is 4.79 Å². The number of ether oxygens (including phenoxy) is 2. The minimum absolute atomic E-state index is 0.184. The summed E-state index contributed by atoms with van der Waals surface area (Å²) < 4.78 is 10.8. The third-order valence-corrected chi connectivity index (χ3v) is 4.76. The minimum Gasteiger partial charge on any atom is -0.448 e. The Hall–Kier alpha value is -1.10. The van der Waals surface area contributed by atoms with Crippen LogP contribution in [-0.2, 0) is 9.47 Å². The summed E-state index contributed by atoms with van der Waals surface area (Å²) in [5.41, 5.74) is -0.184. The SMILES string of the molecule is CC1CCC(COC(=O)/N=C(\N2CCOCC2)C(C)(C)C)CC1. The van der Waals surface area contributed by atoms with Gasteiger partial charge in [-0.05, 0) is 24.7 Å². The molecule has 0 spiro atoms. The smallest absolute Gasteiger partial charge is 0.435 e. The number of aliphatic imine (C=N–C) groups is 1. The topological polar surface area (TPSA) is 51.1 Å². The number of amidine groups is 1. The normalized spacial score (nSPS) is 27.0. The van der Waals surface area contributed by atoms with Gasteiger partial charge in [-0.15, -0.1) is 0 Å². The van der Waals surface area contributed by atoms with Crippen molar-refractivity contribution in [2.45, 2.75) is 53.4 Å². The summed E-state index contributed by atoms with van der Waals surface area (Å²) in [7, 11) is 0. The van der Waals surface area contributed by atoms with Gasteiger partial charge in [0.15, 0.2) is 0 Å². The molecule has 1 aliphatic heterocycles. The van der Waals surface area contributed by atoms with E-state index >= 15 is 0 Å². The van der Waals surface area contributed by atoms with Gasteiger partial charge in [-0.25, -0.2) is 4.79 Å². The quantitative estimate of drug-likeness (QED) is 0.574. The highest BCUT2D eigenvalue weighted by molar-refractivity contribution is 5.95. The zero-order valence-electron chi connectivity index (χ0n) is 15.1. The van der Waals surface area contributed by atoms with Crippen LogP contribution in [0.5, 0.6) is 0 Å². The number of nitrogens with zero attached hydrogens (tertiary/aromatic N) is 2. The van der Waals surface area contributed by atoms with E-state index in [0.717, 1.165) is 37.7 Å². The van der Waals surface area contributed by atoms with Crippen molar-refractivity contribution in [3.05, 3.63) is 0 Å². The number of rotatable bonds is 2. The first-order valence-corrected chi connectivity index (χ1v) is 8.95. The second kappa shape index (κ2) is 8.13. The molecule has 132 valence electrons. The molecule has 0 atom stereocenters. The summed E-state index contributed by atoms with van der Waals surface area (Å²) in [6.45, 7) is 12.0. The Balaban J connectivity index is 1.91. The molecule has 1 amide bonds. The molecule has 2 rings (SSSR count). The Bertz CT molecular complexity index is 414. The zero-order valence-corrected chi connectivity index (χ0v) is 15.1. The van der Waals surface area contributed by atoms with Gasteiger partial charge >= 0.3 is 6.09 Å². The highest BCUT2D eigenvalue weighted by atomic mass is 16.5. The molecule has 0 aromatic rings. The van der Waals surface area contributed by atoms with Crippen LogP contribution in [0.3, 0.4) is 0 Å². The minimum atomic E-state index is -0.444. The van der Waals surface area contributed by atoms with Crippen molar-refractivity contribution in [3.63, 3.8) is 0 Å². The second-order valence-corrected chi connectivity index (χ2v) is 7.99. The molecule has 2 aliphatic rings. The van der Waals surface area contributed by atoms with Crippen molar-refractivity contribution in [1.29, 1.82) is 0 Å². The molecule has 5 nitrogen and oxygen atoms in total. The van der Waals surface area contributed by atoms with Crippen LogP contribution < -0.4 is 0 Å². The Morgan fingerprint density at radius 1 is 1.17 bits per heavy atom. The van der Waals surface area contributed by atoms with Crippen LogP contribution in [0.1, 0.15) is 53.4 Å². The molecule has 0 N–H and O–H groups in total. The highest BCUT2D eigenvalue weighted by Crippen LogP contribution is 2.28. The van der Waals surface area contributed by atoms with E-state index in [1.54, 1.807) is 0 Å². The average molecular weight is 324 g/mol. The Labute approximate surface area is 140 Å². The van der Waals surface area contributed by atoms with Crippen molar-refractivity contribution in [2.75, 3.05) is 32.9 Å². The summed E-state index contributed by atoms with van der Waals surface area (Å²) >= 11 is 0. The molecule has 0 radical (unpaired) electrons. The first-order chi connectivity index (χ1) is 10.9. The van der Waals surface area contributed by atoms with E-state index < -0.39 is 6.09 Å². The maximum absolute atomic E-state index is 12.2. The molecular formula is C18H32N2O3. The largest absolute Gasteiger partial charge is 0.448 e. The molecular weight excluding hydrogens is 292 g/mol. The van der Waals surface area contributed by atoms with Crippen LogP contribution in [0, 0.1) is 17.3 Å². The maximum atomic E-state index is 12.2. The summed E-state index contributed by atoms with van der Waals surface area (Å²) in [6.07, 6.45) is 4.36. The molecule has 0 aromatic heterocycles. The van der Waals surface area contributed by atoms with E-state index in [4.69, 9.17) is 9.47 Å². The van der Waals surface area contributed by atoms with E-state index in [-0.39, 0.29) is 5.41 Å². The molecule has 1 aliphatic carbocycles. The Morgan fingerprint density at radius 2 is 1.78 bits per heavy atom. The van der Waals surface area contributed by atoms with Gasteiger partial charge in [0.2, 0.25) is 0 Å². The van der Waals surface area contributed by atoms with E-state index in [0.29, 0.717) is 25.7 Å². The van der Waals surface area contributed by atoms with Gasteiger partial charge in [0, 0.05) is 18.5 Å². The van der Waals surface area contributed by atoms with Gasteiger partial charge in [-0.1, -0.05) is 40.5 Å². The summed E-state index contributed by atoms with van der Waals surface area (Å²) in [5, 5.41) is 0. The van der Waals surface area contributed by atoms with E-state index in [1.807, 2.05) is 0 Å². The number of amides is 1. The van der Waals surface area contributed by atoms with Crippen molar-refractivity contribution in [1.82, 2.24) is 4.90 Å². The highest BCUT2D eigenvalue weighted by Gasteiger charge is 2.28. The summed E-state index contributed by atoms with van der Waals surface area (Å²) in [6, 6.07) is 0. The fourth-order valence-electron chi connectivity index (χ4n) is 3.29. The second-order valence-electron chi connectivity index (χ2n) is 7.99. The summed E-state index contributed by atoms with van der Waals surface area (Å²) in [4.78, 5) is 18.6. The van der Waals surface area contributed by atoms with Gasteiger partial charge in [-0.2, -0.15) is 4.99 Å². The maximum Gasteiger partial charge on any atom is 0.435 e. The third-order valence-electron chi connectivity index (χ3n) is 4.76. The van der Waals surface area contributed by atoms with Gasteiger partial charge in [0.05, 0.1) is 19.8 Å². The van der Waals surface area contributed by atoms with Gasteiger partial charge in [0.1, 0.15) is 5.84 Å². The van der Waals surface area contributed by atoms with Crippen LogP contribution in [0.25, 0.3) is 0 Å². The summed E-state index contributed by atoms with van der Waals surface area (Å²) in [5.74, 6) is 2.13. The molecule has 0 unspecified atom stereocenters. The van der Waals surface area contributed by atoms with Gasteiger partial charge in [0.25, 0.3) is 0 Å². The first kappa shape index (κ1) is 18.2. The number of morpholine rings is 1. The van der Waals surface area contributed by atoms with E-state index in [2.05, 4.69) is 37.6 Å². The van der Waals surface area contributed by atoms with Crippen LogP contribution in [-0.4, -0.2) is 49.7 Å². The number of carbonyl (C=O) groups excluding carboxylic acids is 1. The van der Waals surface area contributed by atoms with E-state index in [9.17, 15) is 4.79 Å². The van der Waals surface area contributed by atoms with Crippen molar-refractivity contribution < 1.29 is 14.3 Å². The lowest BCUT2D eigenvalue weighted by Crippen LogP contribution is -2.46. The Kier molecular flexibility index (Phi) is 6.45. The number of hydrogen-bond donors (Lipinski definition) is 0. The van der Waals surface area contributed by atoms with Crippen molar-refractivity contribution >= 4 is 11.9 Å². The van der Waals surface area contributed by atoms with Gasteiger partial charge in [-0.3, -0.25) is 0 Å². The standard InChI is InChI=1S/C18H32N2O3/c1-14-5-7-15(8-6-14)13-23-17(21)19-16(18(2,3)4)20-9-11-22-12-10-20/h14-15H,5-13H2,1-4H3/b19-16-. The number of carbonyl (C=O) groups is 1. The first-order valence-electron chi connectivity index (χ1n) is 8.95. The predicted molar refractivity (Wildman–Crippen MR) is 91.8 cm³/mol. The third kappa shape index (κ3) is 5.79. The molecule has 0 bridgehead atoms. The lowest BCUT2D eigenvalue weighted by atomic mass is 9.83. The van der Waals surface area contributed by atoms with Crippen molar-refractivity contribution in [3.8, 4) is 0 Å².